The maximum atomic E-state index is 12.2. The van der Waals surface area contributed by atoms with Gasteiger partial charge in [-0.3, -0.25) is 9.59 Å². The van der Waals surface area contributed by atoms with Gasteiger partial charge in [0.15, 0.2) is 5.69 Å². The molecule has 1 atom stereocenters. The molecule has 6 nitrogen and oxygen atoms in total. The second kappa shape index (κ2) is 6.50. The summed E-state index contributed by atoms with van der Waals surface area (Å²) in [7, 11) is 0. The molecule has 1 aromatic heterocycles. The Morgan fingerprint density at radius 3 is 2.95 bits per heavy atom. The largest absolute Gasteiger partial charge is 0.360 e. The molecule has 3 rings (SSSR count). The number of likely N-dealkylation sites (tertiary alicyclic amines) is 1. The minimum absolute atomic E-state index is 0.00290. The topological polar surface area (TPSA) is 75.4 Å². The zero-order valence-corrected chi connectivity index (χ0v) is 13.0. The van der Waals surface area contributed by atoms with Crippen molar-refractivity contribution in [2.75, 3.05) is 13.1 Å². The number of rotatable bonds is 5. The van der Waals surface area contributed by atoms with Gasteiger partial charge in [-0.15, -0.1) is 0 Å². The molecule has 1 aromatic rings. The van der Waals surface area contributed by atoms with Crippen molar-refractivity contribution in [3.05, 3.63) is 17.5 Å². The highest BCUT2D eigenvalue weighted by Gasteiger charge is 2.30. The molecule has 2 amide bonds. The fourth-order valence-electron chi connectivity index (χ4n) is 2.91. The number of carbonyl (C=O) groups excluding carboxylic acids is 2. The molecule has 1 saturated carbocycles. The SMILES string of the molecule is CCCC(=O)N1CCCC(NC(=O)c2cc(C3CC3)on2)C1. The number of nitrogens with one attached hydrogen (secondary N) is 1. The summed E-state index contributed by atoms with van der Waals surface area (Å²) < 4.78 is 5.21. The Hall–Kier alpha value is -1.85. The van der Waals surface area contributed by atoms with Crippen molar-refractivity contribution in [1.29, 1.82) is 0 Å². The molecule has 2 aliphatic rings. The van der Waals surface area contributed by atoms with E-state index in [2.05, 4.69) is 10.5 Å². The maximum absolute atomic E-state index is 12.2. The number of carbonyl (C=O) groups is 2. The summed E-state index contributed by atoms with van der Waals surface area (Å²) in [4.78, 5) is 26.1. The smallest absolute Gasteiger partial charge is 0.273 e. The van der Waals surface area contributed by atoms with Crippen LogP contribution in [-0.4, -0.2) is 41.0 Å². The van der Waals surface area contributed by atoms with Gasteiger partial charge in [-0.05, 0) is 32.1 Å². The van der Waals surface area contributed by atoms with Gasteiger partial charge in [-0.1, -0.05) is 12.1 Å². The summed E-state index contributed by atoms with van der Waals surface area (Å²) in [5, 5.41) is 6.84. The van der Waals surface area contributed by atoms with E-state index in [9.17, 15) is 9.59 Å². The van der Waals surface area contributed by atoms with Gasteiger partial charge in [0.25, 0.3) is 5.91 Å². The molecular weight excluding hydrogens is 282 g/mol. The third-order valence-electron chi connectivity index (χ3n) is 4.31. The van der Waals surface area contributed by atoms with Crippen LogP contribution in [-0.2, 0) is 4.79 Å². The van der Waals surface area contributed by atoms with E-state index in [0.717, 1.165) is 44.4 Å². The Morgan fingerprint density at radius 2 is 2.23 bits per heavy atom. The van der Waals surface area contributed by atoms with E-state index in [1.165, 1.54) is 0 Å². The lowest BCUT2D eigenvalue weighted by molar-refractivity contribution is -0.132. The van der Waals surface area contributed by atoms with E-state index in [0.29, 0.717) is 24.6 Å². The van der Waals surface area contributed by atoms with E-state index < -0.39 is 0 Å². The van der Waals surface area contributed by atoms with Gasteiger partial charge in [0.1, 0.15) is 5.76 Å². The Labute approximate surface area is 130 Å². The Kier molecular flexibility index (Phi) is 4.45. The predicted molar refractivity (Wildman–Crippen MR) is 80.5 cm³/mol. The van der Waals surface area contributed by atoms with Crippen LogP contribution in [0.1, 0.15) is 67.6 Å². The van der Waals surface area contributed by atoms with E-state index in [-0.39, 0.29) is 17.9 Å². The van der Waals surface area contributed by atoms with Crippen LogP contribution in [0.2, 0.25) is 0 Å². The predicted octanol–water partition coefficient (Wildman–Crippen LogP) is 2.07. The summed E-state index contributed by atoms with van der Waals surface area (Å²) in [6, 6.07) is 1.75. The van der Waals surface area contributed by atoms with Crippen molar-refractivity contribution in [1.82, 2.24) is 15.4 Å². The molecule has 22 heavy (non-hydrogen) atoms. The Morgan fingerprint density at radius 1 is 1.41 bits per heavy atom. The van der Waals surface area contributed by atoms with Gasteiger partial charge >= 0.3 is 0 Å². The van der Waals surface area contributed by atoms with Gasteiger partial charge in [-0.2, -0.15) is 0 Å². The van der Waals surface area contributed by atoms with Gasteiger partial charge in [-0.25, -0.2) is 0 Å². The Balaban J connectivity index is 1.54. The lowest BCUT2D eigenvalue weighted by atomic mass is 10.0. The average molecular weight is 305 g/mol. The van der Waals surface area contributed by atoms with Crippen molar-refractivity contribution >= 4 is 11.8 Å². The number of piperidine rings is 1. The van der Waals surface area contributed by atoms with Crippen LogP contribution in [0.15, 0.2) is 10.6 Å². The highest BCUT2D eigenvalue weighted by atomic mass is 16.5. The molecule has 120 valence electrons. The third kappa shape index (κ3) is 3.48. The van der Waals surface area contributed by atoms with Crippen molar-refractivity contribution in [2.45, 2.75) is 57.4 Å². The molecule has 1 aliphatic heterocycles. The second-order valence-corrected chi connectivity index (χ2v) is 6.29. The summed E-state index contributed by atoms with van der Waals surface area (Å²) in [5.41, 5.74) is 0.346. The number of amides is 2. The number of nitrogens with zero attached hydrogens (tertiary/aromatic N) is 2. The van der Waals surface area contributed by atoms with Crippen LogP contribution in [0.25, 0.3) is 0 Å². The van der Waals surface area contributed by atoms with Crippen molar-refractivity contribution in [3.63, 3.8) is 0 Å². The van der Waals surface area contributed by atoms with Crippen molar-refractivity contribution < 1.29 is 14.1 Å². The molecule has 2 fully saturated rings. The first-order chi connectivity index (χ1) is 10.7. The molecule has 0 bridgehead atoms. The van der Waals surface area contributed by atoms with Gasteiger partial charge < -0.3 is 14.7 Å². The molecule has 0 spiro atoms. The van der Waals surface area contributed by atoms with Crippen LogP contribution in [0.3, 0.4) is 0 Å². The van der Waals surface area contributed by atoms with Crippen LogP contribution in [0, 0.1) is 0 Å². The summed E-state index contributed by atoms with van der Waals surface area (Å²) in [5.74, 6) is 1.24. The first kappa shape index (κ1) is 15.1. The first-order valence-corrected chi connectivity index (χ1v) is 8.22. The van der Waals surface area contributed by atoms with Gasteiger partial charge in [0.2, 0.25) is 5.91 Å². The molecule has 0 aromatic carbocycles. The fourth-order valence-corrected chi connectivity index (χ4v) is 2.91. The summed E-state index contributed by atoms with van der Waals surface area (Å²) in [6.45, 7) is 3.39. The van der Waals surface area contributed by atoms with E-state index in [4.69, 9.17) is 4.52 Å². The molecule has 1 unspecified atom stereocenters. The molecule has 1 aliphatic carbocycles. The van der Waals surface area contributed by atoms with Crippen molar-refractivity contribution in [3.8, 4) is 0 Å². The highest BCUT2D eigenvalue weighted by Crippen LogP contribution is 2.40. The maximum Gasteiger partial charge on any atom is 0.273 e. The number of hydrogen-bond acceptors (Lipinski definition) is 4. The van der Waals surface area contributed by atoms with Crippen molar-refractivity contribution in [2.24, 2.45) is 0 Å². The lowest BCUT2D eigenvalue weighted by Crippen LogP contribution is -2.49. The van der Waals surface area contributed by atoms with Gasteiger partial charge in [0, 0.05) is 37.5 Å². The number of aromatic nitrogens is 1. The van der Waals surface area contributed by atoms with E-state index >= 15 is 0 Å². The normalized spacial score (nSPS) is 21.7. The standard InChI is InChI=1S/C16H23N3O3/c1-2-4-15(20)19-8-3-5-12(10-19)17-16(21)13-9-14(22-18-13)11-6-7-11/h9,11-12H,2-8,10H2,1H3,(H,17,21). The van der Waals surface area contributed by atoms with Crippen LogP contribution >= 0.6 is 0 Å². The fraction of sp³-hybridized carbons (Fsp3) is 0.688. The molecule has 6 heteroatoms. The first-order valence-electron chi connectivity index (χ1n) is 8.22. The molecule has 1 N–H and O–H groups in total. The minimum Gasteiger partial charge on any atom is -0.360 e. The Bertz CT molecular complexity index is 551. The zero-order valence-electron chi connectivity index (χ0n) is 13.0. The minimum atomic E-state index is -0.203. The molecular formula is C16H23N3O3. The molecule has 2 heterocycles. The lowest BCUT2D eigenvalue weighted by Gasteiger charge is -2.33. The third-order valence-corrected chi connectivity index (χ3v) is 4.31. The second-order valence-electron chi connectivity index (χ2n) is 6.29. The molecule has 1 saturated heterocycles. The number of hydrogen-bond donors (Lipinski definition) is 1. The van der Waals surface area contributed by atoms with E-state index in [1.807, 2.05) is 11.8 Å². The van der Waals surface area contributed by atoms with E-state index in [1.54, 1.807) is 6.07 Å². The highest BCUT2D eigenvalue weighted by molar-refractivity contribution is 5.92. The monoisotopic (exact) mass is 305 g/mol. The quantitative estimate of drug-likeness (QED) is 0.903. The summed E-state index contributed by atoms with van der Waals surface area (Å²) in [6.07, 6.45) is 5.49. The molecule has 0 radical (unpaired) electrons. The van der Waals surface area contributed by atoms with Crippen LogP contribution in [0.4, 0.5) is 0 Å². The van der Waals surface area contributed by atoms with Crippen LogP contribution in [0.5, 0.6) is 0 Å². The average Bonchev–Trinajstić information content (AvgIpc) is 3.25. The van der Waals surface area contributed by atoms with Gasteiger partial charge in [0.05, 0.1) is 0 Å². The summed E-state index contributed by atoms with van der Waals surface area (Å²) >= 11 is 0. The zero-order chi connectivity index (χ0) is 15.5. The van der Waals surface area contributed by atoms with Crippen LogP contribution < -0.4 is 5.32 Å².